The molecule has 186 valence electrons. The molecule has 1 heterocycles. The topological polar surface area (TPSA) is 176 Å². The molecule has 12 heteroatoms. The second-order valence-corrected chi connectivity index (χ2v) is 9.43. The zero-order valence-corrected chi connectivity index (χ0v) is 20.6. The van der Waals surface area contributed by atoms with Crippen LogP contribution in [0, 0.1) is 5.92 Å². The van der Waals surface area contributed by atoms with Crippen molar-refractivity contribution in [3.05, 3.63) is 51.4 Å². The lowest BCUT2D eigenvalue weighted by Gasteiger charge is -2.28. The van der Waals surface area contributed by atoms with Crippen molar-refractivity contribution in [1.29, 1.82) is 0 Å². The smallest absolute Gasteiger partial charge is 0.254 e. The van der Waals surface area contributed by atoms with Gasteiger partial charge in [-0.1, -0.05) is 37.6 Å². The van der Waals surface area contributed by atoms with Crippen molar-refractivity contribution < 1.29 is 19.8 Å². The van der Waals surface area contributed by atoms with Crippen LogP contribution in [0.3, 0.4) is 0 Å². The SMILES string of the molecule is CC(C)[C@H](NC(=O)[C@H](O)c1cccc(Cl)c1)C(=O)N[C@@H](CCCN=C(N)N)[C@H](O)c1nccs1. The molecule has 0 bridgehead atoms. The molecule has 0 spiro atoms. The number of benzene rings is 1. The van der Waals surface area contributed by atoms with Crippen molar-refractivity contribution >= 4 is 40.7 Å². The Hall–Kier alpha value is -2.73. The Balaban J connectivity index is 2.12. The van der Waals surface area contributed by atoms with Crippen LogP contribution in [-0.2, 0) is 9.59 Å². The number of aromatic nitrogens is 1. The highest BCUT2D eigenvalue weighted by Crippen LogP contribution is 2.23. The molecule has 0 aliphatic carbocycles. The van der Waals surface area contributed by atoms with Crippen LogP contribution in [0.2, 0.25) is 5.02 Å². The van der Waals surface area contributed by atoms with Crippen LogP contribution in [0.15, 0.2) is 40.8 Å². The van der Waals surface area contributed by atoms with Gasteiger partial charge < -0.3 is 32.3 Å². The van der Waals surface area contributed by atoms with Crippen LogP contribution in [-0.4, -0.2) is 51.6 Å². The molecule has 8 N–H and O–H groups in total. The number of rotatable bonds is 12. The first-order valence-corrected chi connectivity index (χ1v) is 12.0. The summed E-state index contributed by atoms with van der Waals surface area (Å²) in [7, 11) is 0. The Morgan fingerprint density at radius 2 is 1.94 bits per heavy atom. The summed E-state index contributed by atoms with van der Waals surface area (Å²) in [6.07, 6.45) is -0.117. The number of aliphatic hydroxyl groups excluding tert-OH is 2. The van der Waals surface area contributed by atoms with Gasteiger partial charge in [0.05, 0.1) is 6.04 Å². The lowest BCUT2D eigenvalue weighted by molar-refractivity contribution is -0.135. The van der Waals surface area contributed by atoms with E-state index in [0.717, 1.165) is 0 Å². The maximum absolute atomic E-state index is 13.1. The van der Waals surface area contributed by atoms with Crippen LogP contribution in [0.5, 0.6) is 0 Å². The van der Waals surface area contributed by atoms with E-state index in [-0.39, 0.29) is 11.9 Å². The van der Waals surface area contributed by atoms with Crippen LogP contribution >= 0.6 is 22.9 Å². The predicted molar refractivity (Wildman–Crippen MR) is 132 cm³/mol. The first-order valence-electron chi connectivity index (χ1n) is 10.8. The number of aliphatic hydroxyl groups is 2. The van der Waals surface area contributed by atoms with Gasteiger partial charge in [0.2, 0.25) is 5.91 Å². The summed E-state index contributed by atoms with van der Waals surface area (Å²) in [6, 6.07) is 4.65. The normalized spacial score (nSPS) is 14.6. The van der Waals surface area contributed by atoms with Gasteiger partial charge in [-0.05, 0) is 36.5 Å². The van der Waals surface area contributed by atoms with Gasteiger partial charge >= 0.3 is 0 Å². The lowest BCUT2D eigenvalue weighted by atomic mass is 9.99. The zero-order chi connectivity index (χ0) is 25.3. The van der Waals surface area contributed by atoms with E-state index in [9.17, 15) is 19.8 Å². The summed E-state index contributed by atoms with van der Waals surface area (Å²) in [5.74, 6) is -1.57. The fourth-order valence-electron chi connectivity index (χ4n) is 3.25. The third-order valence-corrected chi connectivity index (χ3v) is 6.12. The Morgan fingerprint density at radius 3 is 2.53 bits per heavy atom. The van der Waals surface area contributed by atoms with E-state index in [1.807, 2.05) is 0 Å². The number of amides is 2. The predicted octanol–water partition coefficient (Wildman–Crippen LogP) is 1.24. The number of halogens is 1. The molecule has 1 aromatic carbocycles. The molecule has 2 aromatic rings. The van der Waals surface area contributed by atoms with Crippen molar-refractivity contribution in [1.82, 2.24) is 15.6 Å². The highest BCUT2D eigenvalue weighted by Gasteiger charge is 2.31. The minimum Gasteiger partial charge on any atom is -0.384 e. The van der Waals surface area contributed by atoms with E-state index in [1.54, 1.807) is 43.6 Å². The molecule has 4 atom stereocenters. The van der Waals surface area contributed by atoms with E-state index in [4.69, 9.17) is 23.1 Å². The maximum Gasteiger partial charge on any atom is 0.254 e. The molecule has 2 rings (SSSR count). The number of nitrogens with two attached hydrogens (primary N) is 2. The van der Waals surface area contributed by atoms with Crippen LogP contribution in [0.1, 0.15) is 49.5 Å². The summed E-state index contributed by atoms with van der Waals surface area (Å²) in [6.45, 7) is 3.86. The largest absolute Gasteiger partial charge is 0.384 e. The third-order valence-electron chi connectivity index (χ3n) is 5.04. The number of hydrogen-bond acceptors (Lipinski definition) is 7. The molecule has 0 fully saturated rings. The third kappa shape index (κ3) is 8.24. The Kier molecular flexibility index (Phi) is 10.7. The van der Waals surface area contributed by atoms with Gasteiger partial charge in [0.15, 0.2) is 12.1 Å². The van der Waals surface area contributed by atoms with Crippen molar-refractivity contribution in [2.24, 2.45) is 22.4 Å². The minimum atomic E-state index is -1.50. The Morgan fingerprint density at radius 1 is 1.21 bits per heavy atom. The fourth-order valence-corrected chi connectivity index (χ4v) is 4.13. The van der Waals surface area contributed by atoms with E-state index in [0.29, 0.717) is 35.0 Å². The van der Waals surface area contributed by atoms with Gasteiger partial charge in [-0.2, -0.15) is 0 Å². The number of hydrogen-bond donors (Lipinski definition) is 6. The van der Waals surface area contributed by atoms with Crippen molar-refractivity contribution in [2.45, 2.75) is 51.0 Å². The molecular formula is C22H31ClN6O4S. The summed E-state index contributed by atoms with van der Waals surface area (Å²) in [5, 5.41) is 29.2. The van der Waals surface area contributed by atoms with E-state index >= 15 is 0 Å². The van der Waals surface area contributed by atoms with Gasteiger partial charge in [-0.25, -0.2) is 4.98 Å². The number of nitrogens with zero attached hydrogens (tertiary/aromatic N) is 2. The van der Waals surface area contributed by atoms with E-state index < -0.39 is 36.1 Å². The molecular weight excluding hydrogens is 480 g/mol. The second kappa shape index (κ2) is 13.2. The molecule has 0 radical (unpaired) electrons. The van der Waals surface area contributed by atoms with Gasteiger partial charge in [-0.3, -0.25) is 14.6 Å². The average molecular weight is 511 g/mol. The zero-order valence-electron chi connectivity index (χ0n) is 19.0. The molecule has 0 saturated heterocycles. The molecule has 0 aliphatic rings. The Bertz CT molecular complexity index is 968. The van der Waals surface area contributed by atoms with Crippen molar-refractivity contribution in [2.75, 3.05) is 6.54 Å². The highest BCUT2D eigenvalue weighted by molar-refractivity contribution is 7.09. The van der Waals surface area contributed by atoms with Crippen LogP contribution in [0.4, 0.5) is 0 Å². The quantitative estimate of drug-likeness (QED) is 0.141. The molecule has 34 heavy (non-hydrogen) atoms. The number of carbonyl (C=O) groups excluding carboxylic acids is 2. The van der Waals surface area contributed by atoms with E-state index in [1.165, 1.54) is 17.4 Å². The standard InChI is InChI=1S/C22H31ClN6O4S/c1-12(2)16(29-20(33)17(30)13-5-3-6-14(23)11-13)19(32)28-15(7-4-8-27-22(24)25)18(31)21-26-9-10-34-21/h3,5-6,9-12,15-18,30-31H,4,7-8H2,1-2H3,(H,28,32)(H,29,33)(H4,24,25,27)/t15-,16-,17+,18-/m0/s1. The number of thiazole rings is 1. The molecule has 0 unspecified atom stereocenters. The second-order valence-electron chi connectivity index (χ2n) is 8.07. The minimum absolute atomic E-state index is 0.0399. The number of guanidine groups is 1. The molecule has 1 aromatic heterocycles. The van der Waals surface area contributed by atoms with Gasteiger partial charge in [0.25, 0.3) is 5.91 Å². The summed E-state index contributed by atoms with van der Waals surface area (Å²) >= 11 is 7.21. The van der Waals surface area contributed by atoms with Crippen molar-refractivity contribution in [3.8, 4) is 0 Å². The average Bonchev–Trinajstić information content (AvgIpc) is 3.32. The number of carbonyl (C=O) groups is 2. The summed E-state index contributed by atoms with van der Waals surface area (Å²) < 4.78 is 0. The van der Waals surface area contributed by atoms with Gasteiger partial charge in [0, 0.05) is 23.1 Å². The first-order chi connectivity index (χ1) is 16.1. The number of aliphatic imine (C=N–C) groups is 1. The summed E-state index contributed by atoms with van der Waals surface area (Å²) in [5.41, 5.74) is 11.0. The molecule has 2 amide bonds. The Labute approximate surface area is 207 Å². The van der Waals surface area contributed by atoms with Crippen LogP contribution in [0.25, 0.3) is 0 Å². The lowest BCUT2D eigenvalue weighted by Crippen LogP contribution is -2.54. The molecule has 10 nitrogen and oxygen atoms in total. The fraction of sp³-hybridized carbons (Fsp3) is 0.455. The van der Waals surface area contributed by atoms with E-state index in [2.05, 4.69) is 20.6 Å². The molecule has 0 aliphatic heterocycles. The monoisotopic (exact) mass is 510 g/mol. The maximum atomic E-state index is 13.1. The highest BCUT2D eigenvalue weighted by atomic mass is 35.5. The van der Waals surface area contributed by atoms with Gasteiger partial charge in [0.1, 0.15) is 17.2 Å². The van der Waals surface area contributed by atoms with Crippen molar-refractivity contribution in [3.63, 3.8) is 0 Å². The van der Waals surface area contributed by atoms with Crippen LogP contribution < -0.4 is 22.1 Å². The number of nitrogens with one attached hydrogen (secondary N) is 2. The first kappa shape index (κ1) is 27.5. The summed E-state index contributed by atoms with van der Waals surface area (Å²) in [4.78, 5) is 33.9. The molecule has 0 saturated carbocycles. The van der Waals surface area contributed by atoms with Gasteiger partial charge in [-0.15, -0.1) is 11.3 Å².